The van der Waals surface area contributed by atoms with Crippen LogP contribution in [0.15, 0.2) is 53.3 Å². The fourth-order valence-electron chi connectivity index (χ4n) is 2.89. The third-order valence-electron chi connectivity index (χ3n) is 4.41. The molecule has 2 aromatic heterocycles. The highest BCUT2D eigenvalue weighted by Gasteiger charge is 2.10. The molecule has 7 heteroatoms. The van der Waals surface area contributed by atoms with Crippen LogP contribution in [0.2, 0.25) is 0 Å². The molecule has 0 N–H and O–H groups in total. The number of benzene rings is 2. The van der Waals surface area contributed by atoms with Crippen molar-refractivity contribution >= 4 is 34.5 Å². The number of ether oxygens (including phenoxy) is 2. The summed E-state index contributed by atoms with van der Waals surface area (Å²) in [4.78, 5) is 17.8. The fraction of sp³-hybridized carbons (Fsp3) is 0.174. The van der Waals surface area contributed by atoms with Crippen molar-refractivity contribution < 1.29 is 9.47 Å². The molecule has 0 fully saturated rings. The van der Waals surface area contributed by atoms with Gasteiger partial charge in [-0.25, -0.2) is 0 Å². The third kappa shape index (κ3) is 4.26. The van der Waals surface area contributed by atoms with Gasteiger partial charge in [0, 0.05) is 5.56 Å². The van der Waals surface area contributed by atoms with Crippen molar-refractivity contribution in [3.05, 3.63) is 80.4 Å². The molecule has 0 saturated carbocycles. The van der Waals surface area contributed by atoms with Gasteiger partial charge in [0.15, 0.2) is 5.82 Å². The van der Waals surface area contributed by atoms with E-state index in [4.69, 9.17) is 9.47 Å². The minimum absolute atomic E-state index is 0.183. The molecule has 0 saturated heterocycles. The zero-order valence-corrected chi connectivity index (χ0v) is 17.6. The Balaban J connectivity index is 1.62. The van der Waals surface area contributed by atoms with Crippen molar-refractivity contribution in [1.82, 2.24) is 14.6 Å². The Hall–Kier alpha value is -3.45. The highest BCUT2D eigenvalue weighted by Crippen LogP contribution is 2.19. The lowest BCUT2D eigenvalue weighted by molar-refractivity contribution is 0.317. The van der Waals surface area contributed by atoms with Gasteiger partial charge in [0.2, 0.25) is 4.96 Å². The maximum atomic E-state index is 12.8. The second kappa shape index (κ2) is 8.92. The van der Waals surface area contributed by atoms with Gasteiger partial charge in [-0.2, -0.15) is 9.50 Å². The maximum Gasteiger partial charge on any atom is 0.291 e. The Kier molecular flexibility index (Phi) is 5.90. The number of para-hydroxylation sites is 1. The first kappa shape index (κ1) is 19.8. The van der Waals surface area contributed by atoms with Crippen LogP contribution in [-0.2, 0) is 0 Å². The molecule has 2 aromatic carbocycles. The predicted octanol–water partition coefficient (Wildman–Crippen LogP) is 3.67. The summed E-state index contributed by atoms with van der Waals surface area (Å²) >= 11 is 1.31. The average Bonchev–Trinajstić information content (AvgIpc) is 3.30. The van der Waals surface area contributed by atoms with Crippen LogP contribution in [0.5, 0.6) is 11.5 Å². The number of aromatic nitrogens is 3. The predicted molar refractivity (Wildman–Crippen MR) is 120 cm³/mol. The van der Waals surface area contributed by atoms with E-state index in [1.165, 1.54) is 15.9 Å². The lowest BCUT2D eigenvalue weighted by atomic mass is 10.2. The topological polar surface area (TPSA) is 65.7 Å². The van der Waals surface area contributed by atoms with Gasteiger partial charge in [-0.15, -0.1) is 5.10 Å². The van der Waals surface area contributed by atoms with Gasteiger partial charge in [-0.3, -0.25) is 4.79 Å². The van der Waals surface area contributed by atoms with Crippen LogP contribution in [0.25, 0.3) is 23.2 Å². The fourth-order valence-corrected chi connectivity index (χ4v) is 3.80. The smallest absolute Gasteiger partial charge is 0.291 e. The number of hydrogen-bond donors (Lipinski definition) is 0. The van der Waals surface area contributed by atoms with Crippen LogP contribution in [0.3, 0.4) is 0 Å². The molecule has 0 aliphatic rings. The van der Waals surface area contributed by atoms with Crippen LogP contribution >= 0.6 is 11.3 Å². The Morgan fingerprint density at radius 1 is 1.10 bits per heavy atom. The van der Waals surface area contributed by atoms with E-state index in [9.17, 15) is 4.79 Å². The molecular formula is C23H21N3O3S. The summed E-state index contributed by atoms with van der Waals surface area (Å²) in [5, 5.41) is 4.34. The summed E-state index contributed by atoms with van der Waals surface area (Å²) in [5.74, 6) is 2.06. The first-order valence-electron chi connectivity index (χ1n) is 9.63. The number of methoxy groups -OCH3 is 1. The van der Waals surface area contributed by atoms with E-state index in [-0.39, 0.29) is 5.56 Å². The standard InChI is InChI=1S/C23H21N3O3S/c1-3-14-29-19-7-5-4-6-17(19)15-20-22(27)26-23(30-20)24-21(25-26)13-10-16-8-11-18(28-2)12-9-16/h4-13,15H,3,14H2,1-2H3/b13-10+,20-15+. The van der Waals surface area contributed by atoms with Gasteiger partial charge in [0.05, 0.1) is 18.2 Å². The second-order valence-corrected chi connectivity index (χ2v) is 7.58. The molecule has 0 aliphatic heterocycles. The van der Waals surface area contributed by atoms with E-state index in [0.29, 0.717) is 21.9 Å². The van der Waals surface area contributed by atoms with Crippen LogP contribution in [0.1, 0.15) is 30.3 Å². The molecule has 0 unspecified atom stereocenters. The van der Waals surface area contributed by atoms with Crippen LogP contribution in [-0.4, -0.2) is 28.3 Å². The Morgan fingerprint density at radius 3 is 2.63 bits per heavy atom. The minimum atomic E-state index is -0.183. The molecule has 30 heavy (non-hydrogen) atoms. The molecule has 4 aromatic rings. The number of fused-ring (bicyclic) bond motifs is 1. The molecule has 6 nitrogen and oxygen atoms in total. The van der Waals surface area contributed by atoms with Crippen molar-refractivity contribution in [3.8, 4) is 11.5 Å². The van der Waals surface area contributed by atoms with E-state index < -0.39 is 0 Å². The summed E-state index contributed by atoms with van der Waals surface area (Å²) in [6.07, 6.45) is 6.45. The first-order chi connectivity index (χ1) is 14.7. The third-order valence-corrected chi connectivity index (χ3v) is 5.37. The Bertz CT molecular complexity index is 1290. The van der Waals surface area contributed by atoms with Crippen molar-refractivity contribution in [1.29, 1.82) is 0 Å². The van der Waals surface area contributed by atoms with Gasteiger partial charge in [-0.05, 0) is 42.3 Å². The summed E-state index contributed by atoms with van der Waals surface area (Å²) in [7, 11) is 1.63. The molecule has 0 spiro atoms. The zero-order valence-electron chi connectivity index (χ0n) is 16.7. The molecule has 0 aliphatic carbocycles. The highest BCUT2D eigenvalue weighted by molar-refractivity contribution is 7.15. The second-order valence-electron chi connectivity index (χ2n) is 6.57. The maximum absolute atomic E-state index is 12.8. The van der Waals surface area contributed by atoms with Crippen molar-refractivity contribution in [2.45, 2.75) is 13.3 Å². The largest absolute Gasteiger partial charge is 0.497 e. The first-order valence-corrected chi connectivity index (χ1v) is 10.4. The summed E-state index contributed by atoms with van der Waals surface area (Å²) < 4.78 is 12.9. The number of thiazole rings is 1. The van der Waals surface area contributed by atoms with Gasteiger partial charge in [-0.1, -0.05) is 54.7 Å². The van der Waals surface area contributed by atoms with Gasteiger partial charge in [0.1, 0.15) is 11.5 Å². The van der Waals surface area contributed by atoms with E-state index in [1.54, 1.807) is 13.2 Å². The van der Waals surface area contributed by atoms with Crippen molar-refractivity contribution in [2.24, 2.45) is 0 Å². The molecule has 2 heterocycles. The zero-order chi connectivity index (χ0) is 20.9. The summed E-state index contributed by atoms with van der Waals surface area (Å²) in [5.41, 5.74) is 1.68. The van der Waals surface area contributed by atoms with Crippen molar-refractivity contribution in [2.75, 3.05) is 13.7 Å². The van der Waals surface area contributed by atoms with E-state index in [2.05, 4.69) is 17.0 Å². The molecule has 0 amide bonds. The van der Waals surface area contributed by atoms with Crippen LogP contribution < -0.4 is 19.6 Å². The summed E-state index contributed by atoms with van der Waals surface area (Å²) in [6.45, 7) is 2.69. The monoisotopic (exact) mass is 419 g/mol. The van der Waals surface area contributed by atoms with E-state index in [0.717, 1.165) is 29.0 Å². The van der Waals surface area contributed by atoms with Gasteiger partial charge >= 0.3 is 0 Å². The lowest BCUT2D eigenvalue weighted by Crippen LogP contribution is -2.23. The normalized spacial score (nSPS) is 12.1. The molecule has 0 radical (unpaired) electrons. The van der Waals surface area contributed by atoms with E-state index >= 15 is 0 Å². The molecule has 0 bridgehead atoms. The minimum Gasteiger partial charge on any atom is -0.497 e. The van der Waals surface area contributed by atoms with Crippen LogP contribution in [0.4, 0.5) is 0 Å². The van der Waals surface area contributed by atoms with Gasteiger partial charge < -0.3 is 9.47 Å². The Labute approximate surface area is 177 Å². The SMILES string of the molecule is CCCOc1ccccc1/C=c1/sc2nc(/C=C/c3ccc(OC)cc3)nn2c1=O. The van der Waals surface area contributed by atoms with Crippen LogP contribution in [0, 0.1) is 0 Å². The molecule has 0 atom stereocenters. The highest BCUT2D eigenvalue weighted by atomic mass is 32.1. The number of rotatable bonds is 7. The number of hydrogen-bond acceptors (Lipinski definition) is 6. The molecular weight excluding hydrogens is 398 g/mol. The number of nitrogens with zero attached hydrogens (tertiary/aromatic N) is 3. The molecule has 152 valence electrons. The lowest BCUT2D eigenvalue weighted by Gasteiger charge is -2.07. The molecule has 4 rings (SSSR count). The average molecular weight is 420 g/mol. The Morgan fingerprint density at radius 2 is 1.90 bits per heavy atom. The quantitative estimate of drug-likeness (QED) is 0.457. The summed E-state index contributed by atoms with van der Waals surface area (Å²) in [6, 6.07) is 15.3. The van der Waals surface area contributed by atoms with E-state index in [1.807, 2.05) is 60.7 Å². The van der Waals surface area contributed by atoms with Crippen molar-refractivity contribution in [3.63, 3.8) is 0 Å². The van der Waals surface area contributed by atoms with Gasteiger partial charge in [0.25, 0.3) is 5.56 Å².